The third-order valence-electron chi connectivity index (χ3n) is 3.55. The van der Waals surface area contributed by atoms with Crippen molar-refractivity contribution in [3.8, 4) is 0 Å². The van der Waals surface area contributed by atoms with Gasteiger partial charge >= 0.3 is 0 Å². The smallest absolute Gasteiger partial charge is 0.250 e. The molecule has 2 rings (SSSR count). The lowest BCUT2D eigenvalue weighted by Crippen LogP contribution is -2.50. The number of rotatable bonds is 5. The Morgan fingerprint density at radius 3 is 2.89 bits per heavy atom. The van der Waals surface area contributed by atoms with Crippen LogP contribution in [0.5, 0.6) is 0 Å². The minimum absolute atomic E-state index is 0.120. The zero-order valence-corrected chi connectivity index (χ0v) is 12.8. The molecule has 0 saturated carbocycles. The van der Waals surface area contributed by atoms with Gasteiger partial charge in [-0.05, 0) is 45.4 Å². The van der Waals surface area contributed by atoms with Crippen LogP contribution in [0.4, 0.5) is 0 Å². The van der Waals surface area contributed by atoms with E-state index in [1.165, 1.54) is 11.3 Å². The van der Waals surface area contributed by atoms with Crippen molar-refractivity contribution >= 4 is 21.4 Å². The van der Waals surface area contributed by atoms with E-state index >= 15 is 0 Å². The molecule has 0 amide bonds. The molecule has 1 aliphatic rings. The predicted molar refractivity (Wildman–Crippen MR) is 75.8 cm³/mol. The molecule has 1 saturated heterocycles. The molecular formula is C12H20N2O3S2. The first-order valence-electron chi connectivity index (χ1n) is 6.32. The highest BCUT2D eigenvalue weighted by Gasteiger charge is 2.40. The minimum atomic E-state index is -3.48. The maximum atomic E-state index is 12.4. The van der Waals surface area contributed by atoms with Gasteiger partial charge in [-0.25, -0.2) is 13.1 Å². The average Bonchev–Trinajstić information content (AvgIpc) is 2.88. The van der Waals surface area contributed by atoms with E-state index in [2.05, 4.69) is 4.72 Å². The standard InChI is InChI=1S/C12H20N2O3S2/c1-9-12(2,6-8-17-9)14-19(15,16)11-4-3-10(18-11)5-7-13/h3-4,9,14H,5-8,13H2,1-2H3. The summed E-state index contributed by atoms with van der Waals surface area (Å²) in [7, 11) is -3.48. The van der Waals surface area contributed by atoms with Gasteiger partial charge in [-0.15, -0.1) is 11.3 Å². The fourth-order valence-electron chi connectivity index (χ4n) is 2.11. The molecule has 0 aliphatic carbocycles. The van der Waals surface area contributed by atoms with Crippen LogP contribution in [0.15, 0.2) is 16.3 Å². The first-order chi connectivity index (χ1) is 8.87. The molecule has 2 heterocycles. The number of nitrogens with two attached hydrogens (primary N) is 1. The first-order valence-corrected chi connectivity index (χ1v) is 8.62. The van der Waals surface area contributed by atoms with Gasteiger partial charge in [0.1, 0.15) is 4.21 Å². The highest BCUT2D eigenvalue weighted by atomic mass is 32.2. The van der Waals surface area contributed by atoms with E-state index < -0.39 is 15.6 Å². The maximum Gasteiger partial charge on any atom is 0.250 e. The Hall–Kier alpha value is -0.470. The topological polar surface area (TPSA) is 81.4 Å². The average molecular weight is 304 g/mol. The molecule has 0 spiro atoms. The van der Waals surface area contributed by atoms with Gasteiger partial charge in [0.05, 0.1) is 11.6 Å². The van der Waals surface area contributed by atoms with Crippen molar-refractivity contribution < 1.29 is 13.2 Å². The molecule has 0 bridgehead atoms. The van der Waals surface area contributed by atoms with Gasteiger partial charge in [0, 0.05) is 11.5 Å². The van der Waals surface area contributed by atoms with Gasteiger partial charge in [0.25, 0.3) is 10.0 Å². The fraction of sp³-hybridized carbons (Fsp3) is 0.667. The van der Waals surface area contributed by atoms with Gasteiger partial charge < -0.3 is 10.5 Å². The van der Waals surface area contributed by atoms with Crippen LogP contribution >= 0.6 is 11.3 Å². The van der Waals surface area contributed by atoms with E-state index in [0.717, 1.165) is 4.88 Å². The molecule has 0 radical (unpaired) electrons. The first kappa shape index (κ1) is 14.9. The van der Waals surface area contributed by atoms with Crippen LogP contribution in [-0.2, 0) is 21.2 Å². The fourth-order valence-corrected chi connectivity index (χ4v) is 4.97. The lowest BCUT2D eigenvalue weighted by molar-refractivity contribution is 0.0957. The largest absolute Gasteiger partial charge is 0.376 e. The normalized spacial score (nSPS) is 27.8. The maximum absolute atomic E-state index is 12.4. The second kappa shape index (κ2) is 5.49. The molecular weight excluding hydrogens is 284 g/mol. The van der Waals surface area contributed by atoms with Gasteiger partial charge in [-0.2, -0.15) is 0 Å². The summed E-state index contributed by atoms with van der Waals surface area (Å²) in [5.41, 5.74) is 4.94. The van der Waals surface area contributed by atoms with E-state index in [1.54, 1.807) is 6.07 Å². The van der Waals surface area contributed by atoms with Crippen LogP contribution in [-0.4, -0.2) is 33.2 Å². The summed E-state index contributed by atoms with van der Waals surface area (Å²) in [6.45, 7) is 4.89. The predicted octanol–water partition coefficient (Wildman–Crippen LogP) is 1.10. The Kier molecular flexibility index (Phi) is 4.32. The summed E-state index contributed by atoms with van der Waals surface area (Å²) in [4.78, 5) is 0.990. The Labute approximate surface area is 118 Å². The quantitative estimate of drug-likeness (QED) is 0.853. The molecule has 1 aromatic rings. The van der Waals surface area contributed by atoms with E-state index in [-0.39, 0.29) is 6.10 Å². The molecule has 2 atom stereocenters. The van der Waals surface area contributed by atoms with Gasteiger partial charge in [0.15, 0.2) is 0 Å². The lowest BCUT2D eigenvalue weighted by atomic mass is 9.97. The SMILES string of the molecule is CC1OCCC1(C)NS(=O)(=O)c1ccc(CCN)s1. The van der Waals surface area contributed by atoms with Crippen LogP contribution in [0.2, 0.25) is 0 Å². The second-order valence-electron chi connectivity index (χ2n) is 5.05. The van der Waals surface area contributed by atoms with E-state index in [4.69, 9.17) is 10.5 Å². The van der Waals surface area contributed by atoms with Crippen molar-refractivity contribution in [1.82, 2.24) is 4.72 Å². The van der Waals surface area contributed by atoms with E-state index in [9.17, 15) is 8.42 Å². The summed E-state index contributed by atoms with van der Waals surface area (Å²) in [6.07, 6.45) is 1.27. The number of hydrogen-bond donors (Lipinski definition) is 2. The molecule has 7 heteroatoms. The minimum Gasteiger partial charge on any atom is -0.376 e. The summed E-state index contributed by atoms with van der Waals surface area (Å²) in [6, 6.07) is 3.46. The van der Waals surface area contributed by atoms with Crippen LogP contribution in [0.25, 0.3) is 0 Å². The zero-order chi connectivity index (χ0) is 14.1. The monoisotopic (exact) mass is 304 g/mol. The molecule has 1 aliphatic heterocycles. The molecule has 1 fully saturated rings. The van der Waals surface area contributed by atoms with Crippen LogP contribution < -0.4 is 10.5 Å². The number of nitrogens with one attached hydrogen (secondary N) is 1. The Morgan fingerprint density at radius 1 is 1.58 bits per heavy atom. The Bertz CT molecular complexity index is 541. The molecule has 1 aromatic heterocycles. The highest BCUT2D eigenvalue weighted by Crippen LogP contribution is 2.29. The van der Waals surface area contributed by atoms with Gasteiger partial charge in [0.2, 0.25) is 0 Å². The number of hydrogen-bond acceptors (Lipinski definition) is 5. The van der Waals surface area contributed by atoms with Crippen molar-refractivity contribution in [2.75, 3.05) is 13.2 Å². The molecule has 0 aromatic carbocycles. The van der Waals surface area contributed by atoms with Crippen molar-refractivity contribution in [1.29, 1.82) is 0 Å². The molecule has 2 unspecified atom stereocenters. The lowest BCUT2D eigenvalue weighted by Gasteiger charge is -2.28. The molecule has 5 nitrogen and oxygen atoms in total. The van der Waals surface area contributed by atoms with Crippen LogP contribution in [0.1, 0.15) is 25.1 Å². The Balaban J connectivity index is 2.17. The summed E-state index contributed by atoms with van der Waals surface area (Å²) in [5, 5.41) is 0. The summed E-state index contributed by atoms with van der Waals surface area (Å²) >= 11 is 1.28. The number of ether oxygens (including phenoxy) is 1. The Morgan fingerprint density at radius 2 is 2.32 bits per heavy atom. The van der Waals surface area contributed by atoms with Gasteiger partial charge in [-0.3, -0.25) is 0 Å². The van der Waals surface area contributed by atoms with E-state index in [1.807, 2.05) is 19.9 Å². The third-order valence-corrected chi connectivity index (χ3v) is 6.80. The molecule has 3 N–H and O–H groups in total. The highest BCUT2D eigenvalue weighted by molar-refractivity contribution is 7.91. The van der Waals surface area contributed by atoms with Gasteiger partial charge in [-0.1, -0.05) is 0 Å². The van der Waals surface area contributed by atoms with Crippen LogP contribution in [0.3, 0.4) is 0 Å². The zero-order valence-electron chi connectivity index (χ0n) is 11.2. The van der Waals surface area contributed by atoms with Crippen molar-refractivity contribution in [2.45, 2.75) is 42.5 Å². The summed E-state index contributed by atoms with van der Waals surface area (Å²) < 4.78 is 33.3. The van der Waals surface area contributed by atoms with Crippen LogP contribution in [0, 0.1) is 0 Å². The van der Waals surface area contributed by atoms with Crippen molar-refractivity contribution in [3.63, 3.8) is 0 Å². The summed E-state index contributed by atoms with van der Waals surface area (Å²) in [5.74, 6) is 0. The number of sulfonamides is 1. The van der Waals surface area contributed by atoms with Crippen molar-refractivity contribution in [3.05, 3.63) is 17.0 Å². The third kappa shape index (κ3) is 3.17. The van der Waals surface area contributed by atoms with Crippen molar-refractivity contribution in [2.24, 2.45) is 5.73 Å². The number of thiophene rings is 1. The molecule has 19 heavy (non-hydrogen) atoms. The van der Waals surface area contributed by atoms with E-state index in [0.29, 0.717) is 30.2 Å². The molecule has 108 valence electrons. The second-order valence-corrected chi connectivity index (χ2v) is 8.12.